The fourth-order valence-corrected chi connectivity index (χ4v) is 2.14. The lowest BCUT2D eigenvalue weighted by Gasteiger charge is -2.12. The van der Waals surface area contributed by atoms with E-state index in [0.717, 1.165) is 11.3 Å². The normalized spacial score (nSPS) is 16.3. The quantitative estimate of drug-likeness (QED) is 0.587. The van der Waals surface area contributed by atoms with E-state index in [-0.39, 0.29) is 6.17 Å². The SMILES string of the molecule is CC1=CC(Nc2cc(Cl)nc(C#Cc3ccccc3)n2)NN1. The highest BCUT2D eigenvalue weighted by Crippen LogP contribution is 2.13. The first kappa shape index (κ1) is 14.4. The summed E-state index contributed by atoms with van der Waals surface area (Å²) in [5, 5.41) is 3.55. The maximum atomic E-state index is 6.04. The summed E-state index contributed by atoms with van der Waals surface area (Å²) < 4.78 is 0. The highest BCUT2D eigenvalue weighted by atomic mass is 35.5. The molecule has 0 fully saturated rings. The van der Waals surface area contributed by atoms with Gasteiger partial charge in [-0.3, -0.25) is 0 Å². The van der Waals surface area contributed by atoms with Gasteiger partial charge in [-0.25, -0.2) is 15.4 Å². The Bertz CT molecular complexity index is 761. The van der Waals surface area contributed by atoms with E-state index in [0.29, 0.717) is 16.8 Å². The summed E-state index contributed by atoms with van der Waals surface area (Å²) >= 11 is 6.04. The van der Waals surface area contributed by atoms with Crippen molar-refractivity contribution in [2.75, 3.05) is 5.32 Å². The van der Waals surface area contributed by atoms with Crippen LogP contribution in [0.25, 0.3) is 0 Å². The molecule has 110 valence electrons. The lowest BCUT2D eigenvalue weighted by Crippen LogP contribution is -2.37. The number of nitrogens with one attached hydrogen (secondary N) is 3. The minimum absolute atomic E-state index is 0.0547. The topological polar surface area (TPSA) is 61.9 Å². The molecule has 0 radical (unpaired) electrons. The minimum atomic E-state index is -0.0547. The van der Waals surface area contributed by atoms with Gasteiger partial charge in [-0.1, -0.05) is 35.7 Å². The van der Waals surface area contributed by atoms with Crippen molar-refractivity contribution in [1.29, 1.82) is 0 Å². The van der Waals surface area contributed by atoms with Gasteiger partial charge < -0.3 is 10.7 Å². The van der Waals surface area contributed by atoms with Crippen LogP contribution in [0.15, 0.2) is 48.2 Å². The van der Waals surface area contributed by atoms with Crippen molar-refractivity contribution in [3.8, 4) is 11.8 Å². The summed E-state index contributed by atoms with van der Waals surface area (Å²) in [6, 6.07) is 11.3. The molecule has 1 aromatic carbocycles. The van der Waals surface area contributed by atoms with Crippen LogP contribution in [0.4, 0.5) is 5.82 Å². The number of aromatic nitrogens is 2. The highest BCUT2D eigenvalue weighted by molar-refractivity contribution is 6.29. The number of halogens is 1. The molecule has 3 N–H and O–H groups in total. The van der Waals surface area contributed by atoms with Gasteiger partial charge in [0.2, 0.25) is 5.82 Å². The molecule has 3 rings (SSSR count). The molecule has 2 heterocycles. The Morgan fingerprint density at radius 2 is 2.00 bits per heavy atom. The van der Waals surface area contributed by atoms with E-state index in [1.165, 1.54) is 0 Å². The monoisotopic (exact) mass is 311 g/mol. The second kappa shape index (κ2) is 6.48. The zero-order valence-electron chi connectivity index (χ0n) is 11.9. The highest BCUT2D eigenvalue weighted by Gasteiger charge is 2.12. The van der Waals surface area contributed by atoms with E-state index in [4.69, 9.17) is 11.6 Å². The van der Waals surface area contributed by atoms with Crippen molar-refractivity contribution in [3.63, 3.8) is 0 Å². The van der Waals surface area contributed by atoms with Crippen LogP contribution < -0.4 is 16.2 Å². The van der Waals surface area contributed by atoms with Gasteiger partial charge in [0.05, 0.1) is 0 Å². The zero-order chi connectivity index (χ0) is 15.4. The molecule has 0 bridgehead atoms. The Morgan fingerprint density at radius 1 is 1.18 bits per heavy atom. The van der Waals surface area contributed by atoms with Gasteiger partial charge >= 0.3 is 0 Å². The molecule has 1 atom stereocenters. The van der Waals surface area contributed by atoms with Crippen LogP contribution in [0, 0.1) is 11.8 Å². The van der Waals surface area contributed by atoms with Crippen LogP contribution in [0.1, 0.15) is 18.3 Å². The van der Waals surface area contributed by atoms with E-state index < -0.39 is 0 Å². The van der Waals surface area contributed by atoms with Crippen LogP contribution in [-0.4, -0.2) is 16.1 Å². The summed E-state index contributed by atoms with van der Waals surface area (Å²) in [6.07, 6.45) is 1.95. The molecular formula is C16H14ClN5. The molecule has 0 saturated carbocycles. The summed E-state index contributed by atoms with van der Waals surface area (Å²) in [6.45, 7) is 1.97. The maximum absolute atomic E-state index is 6.04. The summed E-state index contributed by atoms with van der Waals surface area (Å²) in [5.41, 5.74) is 8.02. The van der Waals surface area contributed by atoms with Crippen LogP contribution in [0.5, 0.6) is 0 Å². The predicted octanol–water partition coefficient (Wildman–Crippen LogP) is 2.28. The molecule has 0 aliphatic carbocycles. The summed E-state index contributed by atoms with van der Waals surface area (Å²) in [5.74, 6) is 6.94. The fraction of sp³-hybridized carbons (Fsp3) is 0.125. The molecule has 0 amide bonds. The predicted molar refractivity (Wildman–Crippen MR) is 86.9 cm³/mol. The van der Waals surface area contributed by atoms with E-state index >= 15 is 0 Å². The molecule has 5 nitrogen and oxygen atoms in total. The Balaban J connectivity index is 1.80. The molecule has 22 heavy (non-hydrogen) atoms. The third-order valence-corrected chi connectivity index (χ3v) is 3.13. The number of hydrogen-bond donors (Lipinski definition) is 3. The molecule has 1 unspecified atom stereocenters. The Labute approximate surface area is 133 Å². The average molecular weight is 312 g/mol. The number of hydrogen-bond acceptors (Lipinski definition) is 5. The Hall–Kier alpha value is -2.55. The van der Waals surface area contributed by atoms with Crippen molar-refractivity contribution in [2.24, 2.45) is 0 Å². The van der Waals surface area contributed by atoms with Gasteiger partial charge in [-0.05, 0) is 31.1 Å². The fourth-order valence-electron chi connectivity index (χ4n) is 1.96. The van der Waals surface area contributed by atoms with Gasteiger partial charge in [0, 0.05) is 17.3 Å². The lowest BCUT2D eigenvalue weighted by molar-refractivity contribution is 0.614. The standard InChI is InChI=1S/C16H14ClN5/c1-11-9-16(22-21-11)20-15-10-13(17)18-14(19-15)8-7-12-5-3-2-4-6-12/h2-6,9-10,16,21-22H,1H3,(H,18,19,20). The molecule has 2 aromatic rings. The number of anilines is 1. The van der Waals surface area contributed by atoms with E-state index in [9.17, 15) is 0 Å². The molecule has 1 aromatic heterocycles. The Morgan fingerprint density at radius 3 is 2.73 bits per heavy atom. The van der Waals surface area contributed by atoms with Gasteiger partial charge in [0.1, 0.15) is 17.1 Å². The van der Waals surface area contributed by atoms with Crippen LogP contribution in [0.2, 0.25) is 5.15 Å². The second-order valence-electron chi connectivity index (χ2n) is 4.76. The number of benzene rings is 1. The second-order valence-corrected chi connectivity index (χ2v) is 5.14. The van der Waals surface area contributed by atoms with Crippen LogP contribution in [0.3, 0.4) is 0 Å². The van der Waals surface area contributed by atoms with Crippen molar-refractivity contribution in [1.82, 2.24) is 20.8 Å². The third kappa shape index (κ3) is 3.76. The maximum Gasteiger partial charge on any atom is 0.208 e. The van der Waals surface area contributed by atoms with Crippen molar-refractivity contribution in [3.05, 3.63) is 64.7 Å². The molecule has 1 aliphatic rings. The molecule has 0 spiro atoms. The van der Waals surface area contributed by atoms with Crippen LogP contribution >= 0.6 is 11.6 Å². The molecular weight excluding hydrogens is 298 g/mol. The van der Waals surface area contributed by atoms with Crippen LogP contribution in [-0.2, 0) is 0 Å². The lowest BCUT2D eigenvalue weighted by atomic mass is 10.2. The van der Waals surface area contributed by atoms with Gasteiger partial charge in [0.15, 0.2) is 0 Å². The number of hydrazine groups is 1. The number of nitrogens with zero attached hydrogens (tertiary/aromatic N) is 2. The van der Waals surface area contributed by atoms with Gasteiger partial charge in [-0.2, -0.15) is 0 Å². The van der Waals surface area contributed by atoms with Gasteiger partial charge in [-0.15, -0.1) is 0 Å². The van der Waals surface area contributed by atoms with Crippen molar-refractivity contribution in [2.45, 2.75) is 13.1 Å². The minimum Gasteiger partial charge on any atom is -0.350 e. The van der Waals surface area contributed by atoms with Crippen molar-refractivity contribution < 1.29 is 0 Å². The van der Waals surface area contributed by atoms with E-state index in [1.54, 1.807) is 6.07 Å². The van der Waals surface area contributed by atoms with Gasteiger partial charge in [0.25, 0.3) is 0 Å². The summed E-state index contributed by atoms with van der Waals surface area (Å²) in [4.78, 5) is 8.49. The largest absolute Gasteiger partial charge is 0.350 e. The first-order valence-corrected chi connectivity index (χ1v) is 7.15. The average Bonchev–Trinajstić information content (AvgIpc) is 2.91. The number of rotatable bonds is 2. The van der Waals surface area contributed by atoms with E-state index in [2.05, 4.69) is 38.0 Å². The third-order valence-electron chi connectivity index (χ3n) is 2.93. The first-order chi connectivity index (χ1) is 10.7. The van der Waals surface area contributed by atoms with Crippen molar-refractivity contribution >= 4 is 17.4 Å². The Kier molecular flexibility index (Phi) is 4.24. The summed E-state index contributed by atoms with van der Waals surface area (Å²) in [7, 11) is 0. The zero-order valence-corrected chi connectivity index (χ0v) is 12.6. The first-order valence-electron chi connectivity index (χ1n) is 6.77. The molecule has 6 heteroatoms. The molecule has 0 saturated heterocycles. The number of allylic oxidation sites excluding steroid dienone is 1. The smallest absolute Gasteiger partial charge is 0.208 e. The van der Waals surface area contributed by atoms with E-state index in [1.807, 2.05) is 43.3 Å². The molecule has 1 aliphatic heterocycles.